The molecule has 3 rings (SSSR count). The summed E-state index contributed by atoms with van der Waals surface area (Å²) in [6.07, 6.45) is -1.16. The topological polar surface area (TPSA) is 102 Å². The van der Waals surface area contributed by atoms with E-state index in [1.807, 2.05) is 0 Å². The fourth-order valence-corrected chi connectivity index (χ4v) is 4.07. The summed E-state index contributed by atoms with van der Waals surface area (Å²) in [5.41, 5.74) is 0.846. The van der Waals surface area contributed by atoms with Crippen LogP contribution >= 0.6 is 0 Å². The average molecular weight is 469 g/mol. The van der Waals surface area contributed by atoms with Gasteiger partial charge in [-0.25, -0.2) is 13.2 Å². The molecule has 1 N–H and O–H groups in total. The smallest absolute Gasteiger partial charge is 0.339 e. The first-order valence-electron chi connectivity index (χ1n) is 9.95. The molecule has 1 amide bonds. The number of rotatable bonds is 8. The lowest BCUT2D eigenvalue weighted by Gasteiger charge is -2.21. The van der Waals surface area contributed by atoms with Gasteiger partial charge in [-0.05, 0) is 42.5 Å². The maximum Gasteiger partial charge on any atom is 0.339 e. The van der Waals surface area contributed by atoms with E-state index in [4.69, 9.17) is 9.47 Å². The fraction of sp³-hybridized carbons (Fsp3) is 0.167. The number of hydrogen-bond acceptors (Lipinski definition) is 6. The van der Waals surface area contributed by atoms with Crippen molar-refractivity contribution in [3.63, 3.8) is 0 Å². The zero-order valence-electron chi connectivity index (χ0n) is 18.4. The molecule has 1 unspecified atom stereocenters. The number of carbonyl (C=O) groups is 2. The molecule has 8 nitrogen and oxygen atoms in total. The molecule has 0 spiro atoms. The van der Waals surface area contributed by atoms with E-state index in [0.29, 0.717) is 17.0 Å². The van der Waals surface area contributed by atoms with Gasteiger partial charge in [0.2, 0.25) is 6.10 Å². The van der Waals surface area contributed by atoms with Crippen molar-refractivity contribution in [1.29, 1.82) is 0 Å². The molecular weight excluding hydrogens is 444 g/mol. The predicted molar refractivity (Wildman–Crippen MR) is 124 cm³/mol. The van der Waals surface area contributed by atoms with Crippen LogP contribution in [0.1, 0.15) is 22.0 Å². The van der Waals surface area contributed by atoms with Gasteiger partial charge in [0.05, 0.1) is 17.6 Å². The first-order valence-corrected chi connectivity index (χ1v) is 11.4. The predicted octanol–water partition coefficient (Wildman–Crippen LogP) is 3.48. The van der Waals surface area contributed by atoms with Crippen LogP contribution < -0.4 is 9.46 Å². The lowest BCUT2D eigenvalue weighted by molar-refractivity contribution is -0.138. The summed E-state index contributed by atoms with van der Waals surface area (Å²) in [7, 11) is 0.658. The molecule has 33 heavy (non-hydrogen) atoms. The Balaban J connectivity index is 1.83. The lowest BCUT2D eigenvalue weighted by atomic mass is 10.1. The number of esters is 1. The summed E-state index contributed by atoms with van der Waals surface area (Å²) in [4.78, 5) is 26.7. The number of hydrogen-bond donors (Lipinski definition) is 1. The molecule has 172 valence electrons. The van der Waals surface area contributed by atoms with Crippen LogP contribution in [0.3, 0.4) is 0 Å². The van der Waals surface area contributed by atoms with Gasteiger partial charge in [0.15, 0.2) is 0 Å². The van der Waals surface area contributed by atoms with E-state index in [-0.39, 0.29) is 10.5 Å². The van der Waals surface area contributed by atoms with Crippen molar-refractivity contribution < 1.29 is 27.5 Å². The number of methoxy groups -OCH3 is 1. The van der Waals surface area contributed by atoms with Gasteiger partial charge in [0.25, 0.3) is 15.9 Å². The molecule has 9 heteroatoms. The molecule has 0 aliphatic rings. The van der Waals surface area contributed by atoms with Crippen LogP contribution in [0.25, 0.3) is 0 Å². The van der Waals surface area contributed by atoms with E-state index < -0.39 is 28.0 Å². The fourth-order valence-electron chi connectivity index (χ4n) is 2.96. The van der Waals surface area contributed by atoms with Crippen LogP contribution in [-0.2, 0) is 19.6 Å². The summed E-state index contributed by atoms with van der Waals surface area (Å²) < 4.78 is 38.7. The van der Waals surface area contributed by atoms with Gasteiger partial charge in [0, 0.05) is 25.3 Å². The Hall–Kier alpha value is -3.85. The van der Waals surface area contributed by atoms with E-state index in [0.717, 1.165) is 0 Å². The third kappa shape index (κ3) is 5.89. The summed E-state index contributed by atoms with van der Waals surface area (Å²) in [6.45, 7) is 0. The minimum absolute atomic E-state index is 0.0000863. The molecule has 0 saturated carbocycles. The molecule has 1 atom stereocenters. The third-order valence-corrected chi connectivity index (χ3v) is 6.09. The Morgan fingerprint density at radius 1 is 0.909 bits per heavy atom. The summed E-state index contributed by atoms with van der Waals surface area (Å²) in [6, 6.07) is 20.4. The largest absolute Gasteiger partial charge is 0.497 e. The second-order valence-electron chi connectivity index (χ2n) is 7.29. The zero-order valence-corrected chi connectivity index (χ0v) is 19.2. The Kier molecular flexibility index (Phi) is 7.34. The number of anilines is 1. The molecule has 3 aromatic carbocycles. The minimum Gasteiger partial charge on any atom is -0.497 e. The van der Waals surface area contributed by atoms with Crippen LogP contribution in [0.15, 0.2) is 83.8 Å². The second-order valence-corrected chi connectivity index (χ2v) is 8.97. The molecule has 0 heterocycles. The average Bonchev–Trinajstić information content (AvgIpc) is 2.82. The maximum absolute atomic E-state index is 12.8. The van der Waals surface area contributed by atoms with Gasteiger partial charge >= 0.3 is 5.97 Å². The molecule has 0 fully saturated rings. The molecule has 0 bridgehead atoms. The van der Waals surface area contributed by atoms with Crippen molar-refractivity contribution in [1.82, 2.24) is 4.90 Å². The van der Waals surface area contributed by atoms with Crippen LogP contribution in [0.4, 0.5) is 5.69 Å². The highest BCUT2D eigenvalue weighted by Crippen LogP contribution is 2.23. The quantitative estimate of drug-likeness (QED) is 0.508. The molecule has 0 saturated heterocycles. The number of ether oxygens (including phenoxy) is 2. The zero-order chi connectivity index (χ0) is 24.0. The van der Waals surface area contributed by atoms with Crippen molar-refractivity contribution in [3.05, 3.63) is 90.0 Å². The van der Waals surface area contributed by atoms with Crippen LogP contribution in [0, 0.1) is 0 Å². The third-order valence-electron chi connectivity index (χ3n) is 4.71. The molecule has 0 radical (unpaired) electrons. The first kappa shape index (κ1) is 23.8. The Morgan fingerprint density at radius 2 is 1.58 bits per heavy atom. The van der Waals surface area contributed by atoms with Gasteiger partial charge in [-0.2, -0.15) is 0 Å². The van der Waals surface area contributed by atoms with Crippen LogP contribution in [-0.4, -0.2) is 46.4 Å². The summed E-state index contributed by atoms with van der Waals surface area (Å²) in [5, 5.41) is 0. The number of nitrogens with zero attached hydrogens (tertiary/aromatic N) is 1. The van der Waals surface area contributed by atoms with Gasteiger partial charge < -0.3 is 14.4 Å². The highest BCUT2D eigenvalue weighted by atomic mass is 32.2. The van der Waals surface area contributed by atoms with Crippen molar-refractivity contribution in [2.75, 3.05) is 25.9 Å². The van der Waals surface area contributed by atoms with E-state index in [1.165, 1.54) is 36.3 Å². The standard InChI is InChI=1S/C24H24N2O6S/c1-26(2)23(27)22(17-8-5-4-6-9-17)32-24(28)18-10-7-11-21(16-18)33(29,30)25-19-12-14-20(31-3)15-13-19/h4-16,22,25H,1-3H3. The molecule has 0 aromatic heterocycles. The number of amides is 1. The summed E-state index contributed by atoms with van der Waals surface area (Å²) in [5.74, 6) is -0.650. The number of likely N-dealkylation sites (N-methyl/N-ethyl adjacent to an activating group) is 1. The molecule has 0 aliphatic carbocycles. The highest BCUT2D eigenvalue weighted by molar-refractivity contribution is 7.92. The maximum atomic E-state index is 12.8. The number of sulfonamides is 1. The summed E-state index contributed by atoms with van der Waals surface area (Å²) >= 11 is 0. The van der Waals surface area contributed by atoms with Crippen LogP contribution in [0.5, 0.6) is 5.75 Å². The number of benzene rings is 3. The molecule has 0 aliphatic heterocycles. The lowest BCUT2D eigenvalue weighted by Crippen LogP contribution is -2.31. The van der Waals surface area contributed by atoms with Crippen molar-refractivity contribution in [2.24, 2.45) is 0 Å². The van der Waals surface area contributed by atoms with Crippen molar-refractivity contribution >= 4 is 27.6 Å². The van der Waals surface area contributed by atoms with E-state index in [1.54, 1.807) is 68.7 Å². The monoisotopic (exact) mass is 468 g/mol. The molecular formula is C24H24N2O6S. The van der Waals surface area contributed by atoms with Crippen molar-refractivity contribution in [3.8, 4) is 5.75 Å². The number of nitrogens with one attached hydrogen (secondary N) is 1. The van der Waals surface area contributed by atoms with Gasteiger partial charge in [-0.15, -0.1) is 0 Å². The number of carbonyl (C=O) groups excluding carboxylic acids is 2. The Bertz CT molecular complexity index is 1230. The van der Waals surface area contributed by atoms with Gasteiger partial charge in [-0.3, -0.25) is 9.52 Å². The highest BCUT2D eigenvalue weighted by Gasteiger charge is 2.27. The van der Waals surface area contributed by atoms with E-state index in [2.05, 4.69) is 4.72 Å². The van der Waals surface area contributed by atoms with Crippen LogP contribution in [0.2, 0.25) is 0 Å². The second kappa shape index (κ2) is 10.2. The Morgan fingerprint density at radius 3 is 2.18 bits per heavy atom. The molecule has 3 aromatic rings. The minimum atomic E-state index is -3.97. The SMILES string of the molecule is COc1ccc(NS(=O)(=O)c2cccc(C(=O)OC(C(=O)N(C)C)c3ccccc3)c2)cc1. The normalized spacial score (nSPS) is 11.8. The van der Waals surface area contributed by atoms with Crippen molar-refractivity contribution in [2.45, 2.75) is 11.0 Å². The Labute approximate surface area is 192 Å². The van der Waals surface area contributed by atoms with Gasteiger partial charge in [0.1, 0.15) is 5.75 Å². The van der Waals surface area contributed by atoms with E-state index in [9.17, 15) is 18.0 Å². The van der Waals surface area contributed by atoms with E-state index >= 15 is 0 Å². The first-order chi connectivity index (χ1) is 15.7. The van der Waals surface area contributed by atoms with Gasteiger partial charge in [-0.1, -0.05) is 36.4 Å².